The number of aryl methyl sites for hydroxylation is 1. The van der Waals surface area contributed by atoms with Crippen LogP contribution in [0.2, 0.25) is 5.02 Å². The fourth-order valence-electron chi connectivity index (χ4n) is 2.32. The van der Waals surface area contributed by atoms with Gasteiger partial charge in [0.05, 0.1) is 6.10 Å². The average Bonchev–Trinajstić information content (AvgIpc) is 2.45. The molecule has 2 rings (SSSR count). The quantitative estimate of drug-likeness (QED) is 0.864. The summed E-state index contributed by atoms with van der Waals surface area (Å²) in [6, 6.07) is 16.0. The zero-order valence-electron chi connectivity index (χ0n) is 12.6. The van der Waals surface area contributed by atoms with Crippen LogP contribution < -0.4 is 0 Å². The van der Waals surface area contributed by atoms with E-state index in [9.17, 15) is 5.11 Å². The molecular formula is C18H22ClNO. The lowest BCUT2D eigenvalue weighted by Gasteiger charge is -2.19. The predicted octanol–water partition coefficient (Wildman–Crippen LogP) is 4.20. The smallest absolute Gasteiger partial charge is 0.0802 e. The van der Waals surface area contributed by atoms with E-state index in [1.54, 1.807) is 0 Å². The molecule has 2 nitrogen and oxygen atoms in total. The van der Waals surface area contributed by atoms with Gasteiger partial charge in [0.1, 0.15) is 0 Å². The van der Waals surface area contributed by atoms with Gasteiger partial charge in [0.2, 0.25) is 0 Å². The van der Waals surface area contributed by atoms with E-state index in [1.165, 1.54) is 11.1 Å². The molecule has 3 heteroatoms. The van der Waals surface area contributed by atoms with Gasteiger partial charge in [-0.05, 0) is 43.7 Å². The van der Waals surface area contributed by atoms with Crippen molar-refractivity contribution in [3.63, 3.8) is 0 Å². The number of rotatable bonds is 6. The Hall–Kier alpha value is -1.35. The fourth-order valence-corrected chi connectivity index (χ4v) is 2.54. The molecular weight excluding hydrogens is 282 g/mol. The van der Waals surface area contributed by atoms with Gasteiger partial charge in [-0.2, -0.15) is 0 Å². The maximum Gasteiger partial charge on any atom is 0.0802 e. The van der Waals surface area contributed by atoms with E-state index in [0.717, 1.165) is 30.1 Å². The first-order chi connectivity index (χ1) is 10.0. The van der Waals surface area contributed by atoms with E-state index >= 15 is 0 Å². The maximum absolute atomic E-state index is 10.2. The van der Waals surface area contributed by atoms with E-state index in [0.29, 0.717) is 0 Å². The van der Waals surface area contributed by atoms with Gasteiger partial charge in [0.15, 0.2) is 0 Å². The molecule has 0 aromatic heterocycles. The molecule has 0 bridgehead atoms. The lowest BCUT2D eigenvalue weighted by Crippen LogP contribution is -2.20. The van der Waals surface area contributed by atoms with Crippen LogP contribution in [0.5, 0.6) is 0 Å². The minimum absolute atomic E-state index is 0.410. The third-order valence-electron chi connectivity index (χ3n) is 3.59. The number of hydrogen-bond acceptors (Lipinski definition) is 2. The SMILES string of the molecule is Cc1ccc(C(O)CCN(C)Cc2cccc(Cl)c2)cc1. The minimum Gasteiger partial charge on any atom is -0.388 e. The van der Waals surface area contributed by atoms with Crippen molar-refractivity contribution in [3.8, 4) is 0 Å². The zero-order valence-corrected chi connectivity index (χ0v) is 13.3. The van der Waals surface area contributed by atoms with Gasteiger partial charge in [0, 0.05) is 18.1 Å². The van der Waals surface area contributed by atoms with Crippen molar-refractivity contribution in [2.24, 2.45) is 0 Å². The maximum atomic E-state index is 10.2. The predicted molar refractivity (Wildman–Crippen MR) is 88.5 cm³/mol. The Morgan fingerprint density at radius 2 is 1.86 bits per heavy atom. The number of nitrogens with zero attached hydrogens (tertiary/aromatic N) is 1. The van der Waals surface area contributed by atoms with E-state index in [1.807, 2.05) is 42.5 Å². The molecule has 0 amide bonds. The molecule has 1 unspecified atom stereocenters. The Kier molecular flexibility index (Phi) is 5.80. The van der Waals surface area contributed by atoms with Crippen LogP contribution in [0.25, 0.3) is 0 Å². The summed E-state index contributed by atoms with van der Waals surface area (Å²) < 4.78 is 0. The van der Waals surface area contributed by atoms with Crippen molar-refractivity contribution in [2.45, 2.75) is 26.0 Å². The Balaban J connectivity index is 1.83. The summed E-state index contributed by atoms with van der Waals surface area (Å²) in [6.07, 6.45) is 0.313. The van der Waals surface area contributed by atoms with E-state index in [-0.39, 0.29) is 0 Å². The van der Waals surface area contributed by atoms with Crippen LogP contribution in [-0.2, 0) is 6.54 Å². The first kappa shape index (κ1) is 16.0. The van der Waals surface area contributed by atoms with Crippen LogP contribution in [0.1, 0.15) is 29.2 Å². The van der Waals surface area contributed by atoms with Crippen molar-refractivity contribution in [1.29, 1.82) is 0 Å². The molecule has 0 fully saturated rings. The highest BCUT2D eigenvalue weighted by Gasteiger charge is 2.09. The van der Waals surface area contributed by atoms with Crippen LogP contribution in [0.15, 0.2) is 48.5 Å². The van der Waals surface area contributed by atoms with Crippen molar-refractivity contribution >= 4 is 11.6 Å². The summed E-state index contributed by atoms with van der Waals surface area (Å²) in [7, 11) is 2.06. The monoisotopic (exact) mass is 303 g/mol. The van der Waals surface area contributed by atoms with Crippen molar-refractivity contribution < 1.29 is 5.11 Å². The molecule has 1 N–H and O–H groups in total. The van der Waals surface area contributed by atoms with Gasteiger partial charge in [-0.25, -0.2) is 0 Å². The summed E-state index contributed by atoms with van der Waals surface area (Å²) in [6.45, 7) is 3.72. The van der Waals surface area contributed by atoms with Gasteiger partial charge in [-0.3, -0.25) is 0 Å². The minimum atomic E-state index is -0.410. The van der Waals surface area contributed by atoms with Gasteiger partial charge < -0.3 is 10.0 Å². The summed E-state index contributed by atoms with van der Waals surface area (Å²) in [4.78, 5) is 2.20. The number of halogens is 1. The largest absolute Gasteiger partial charge is 0.388 e. The number of aliphatic hydroxyl groups excluding tert-OH is 1. The normalized spacial score (nSPS) is 12.6. The van der Waals surface area contributed by atoms with E-state index in [2.05, 4.69) is 24.9 Å². The highest BCUT2D eigenvalue weighted by molar-refractivity contribution is 6.30. The molecule has 0 radical (unpaired) electrons. The Bertz CT molecular complexity index is 568. The highest BCUT2D eigenvalue weighted by Crippen LogP contribution is 2.18. The van der Waals surface area contributed by atoms with Gasteiger partial charge in [0.25, 0.3) is 0 Å². The first-order valence-electron chi connectivity index (χ1n) is 7.22. The number of hydrogen-bond donors (Lipinski definition) is 1. The highest BCUT2D eigenvalue weighted by atomic mass is 35.5. The van der Waals surface area contributed by atoms with Crippen molar-refractivity contribution in [2.75, 3.05) is 13.6 Å². The second kappa shape index (κ2) is 7.60. The molecule has 0 aliphatic carbocycles. The Morgan fingerprint density at radius 1 is 1.14 bits per heavy atom. The Labute approximate surface area is 132 Å². The van der Waals surface area contributed by atoms with Crippen LogP contribution in [0.4, 0.5) is 0 Å². The molecule has 0 saturated carbocycles. The molecule has 0 spiro atoms. The Morgan fingerprint density at radius 3 is 2.52 bits per heavy atom. The molecule has 112 valence electrons. The summed E-state index contributed by atoms with van der Waals surface area (Å²) in [5.41, 5.74) is 3.38. The number of benzene rings is 2. The summed E-state index contributed by atoms with van der Waals surface area (Å²) >= 11 is 5.99. The molecule has 2 aromatic rings. The second-order valence-corrected chi connectivity index (χ2v) is 6.02. The molecule has 1 atom stereocenters. The zero-order chi connectivity index (χ0) is 15.2. The molecule has 0 aliphatic rings. The lowest BCUT2D eigenvalue weighted by atomic mass is 10.0. The van der Waals surface area contributed by atoms with Crippen molar-refractivity contribution in [1.82, 2.24) is 4.90 Å². The summed E-state index contributed by atoms with van der Waals surface area (Å²) in [5, 5.41) is 11.0. The van der Waals surface area contributed by atoms with Crippen LogP contribution in [-0.4, -0.2) is 23.6 Å². The third-order valence-corrected chi connectivity index (χ3v) is 3.82. The molecule has 21 heavy (non-hydrogen) atoms. The molecule has 2 aromatic carbocycles. The second-order valence-electron chi connectivity index (χ2n) is 5.58. The van der Waals surface area contributed by atoms with Gasteiger partial charge in [-0.1, -0.05) is 53.6 Å². The van der Waals surface area contributed by atoms with Gasteiger partial charge >= 0.3 is 0 Å². The number of aliphatic hydroxyl groups is 1. The topological polar surface area (TPSA) is 23.5 Å². The first-order valence-corrected chi connectivity index (χ1v) is 7.60. The van der Waals surface area contributed by atoms with Crippen LogP contribution >= 0.6 is 11.6 Å². The standard InChI is InChI=1S/C18H22ClNO/c1-14-6-8-16(9-7-14)18(21)10-11-20(2)13-15-4-3-5-17(19)12-15/h3-9,12,18,21H,10-11,13H2,1-2H3. The average molecular weight is 304 g/mol. The molecule has 0 heterocycles. The molecule has 0 saturated heterocycles. The van der Waals surface area contributed by atoms with E-state index < -0.39 is 6.10 Å². The van der Waals surface area contributed by atoms with Gasteiger partial charge in [-0.15, -0.1) is 0 Å². The fraction of sp³-hybridized carbons (Fsp3) is 0.333. The van der Waals surface area contributed by atoms with Crippen LogP contribution in [0.3, 0.4) is 0 Å². The third kappa shape index (κ3) is 5.16. The van der Waals surface area contributed by atoms with Crippen molar-refractivity contribution in [3.05, 3.63) is 70.2 Å². The van der Waals surface area contributed by atoms with Crippen LogP contribution in [0, 0.1) is 6.92 Å². The van der Waals surface area contributed by atoms with E-state index in [4.69, 9.17) is 11.6 Å². The lowest BCUT2D eigenvalue weighted by molar-refractivity contribution is 0.147. The summed E-state index contributed by atoms with van der Waals surface area (Å²) in [5.74, 6) is 0. The molecule has 0 aliphatic heterocycles.